The maximum absolute atomic E-state index is 13.7. The van der Waals surface area contributed by atoms with E-state index in [1.807, 2.05) is 15.6 Å². The molecule has 1 amide bonds. The number of thioether (sulfide) groups is 1. The summed E-state index contributed by atoms with van der Waals surface area (Å²) in [5.41, 5.74) is 8.95. The van der Waals surface area contributed by atoms with Gasteiger partial charge in [0.2, 0.25) is 5.91 Å². The fourth-order valence-corrected chi connectivity index (χ4v) is 7.07. The average Bonchev–Trinajstić information content (AvgIpc) is 3.55. The second-order valence-electron chi connectivity index (χ2n) is 9.66. The monoisotopic (exact) mass is 472 g/mol. The van der Waals surface area contributed by atoms with Crippen LogP contribution in [0.1, 0.15) is 43.0 Å². The molecule has 33 heavy (non-hydrogen) atoms. The third-order valence-electron chi connectivity index (χ3n) is 7.35. The van der Waals surface area contributed by atoms with Crippen molar-refractivity contribution in [2.45, 2.75) is 62.1 Å². The summed E-state index contributed by atoms with van der Waals surface area (Å²) >= 11 is 1.67. The third-order valence-corrected chi connectivity index (χ3v) is 8.70. The van der Waals surface area contributed by atoms with Crippen LogP contribution >= 0.6 is 11.8 Å². The van der Waals surface area contributed by atoms with Crippen molar-refractivity contribution in [1.82, 2.24) is 19.5 Å². The predicted molar refractivity (Wildman–Crippen MR) is 127 cm³/mol. The molecule has 0 aliphatic carbocycles. The van der Waals surface area contributed by atoms with Crippen LogP contribution in [0.2, 0.25) is 0 Å². The molecule has 10 heteroatoms. The zero-order chi connectivity index (χ0) is 22.5. The molecule has 6 rings (SSSR count). The Morgan fingerprint density at radius 2 is 2.09 bits per heavy atom. The summed E-state index contributed by atoms with van der Waals surface area (Å²) in [5, 5.41) is 4.68. The number of rotatable bonds is 3. The van der Waals surface area contributed by atoms with Gasteiger partial charge in [-0.2, -0.15) is 5.10 Å². The zero-order valence-corrected chi connectivity index (χ0v) is 19.9. The number of likely N-dealkylation sites (tertiary alicyclic amines) is 1. The SMILES string of the molecule is Cc1cn2nc([C@@H]3CCCCN3C(=O)C3SCC4OCCOC43)cc2nc1N1CC[C@H](N)C1. The lowest BCUT2D eigenvalue weighted by Gasteiger charge is -2.38. The number of hydrogen-bond donors (Lipinski definition) is 1. The summed E-state index contributed by atoms with van der Waals surface area (Å²) in [6, 6.07) is 2.23. The van der Waals surface area contributed by atoms with Crippen LogP contribution in [0.5, 0.6) is 0 Å². The Morgan fingerprint density at radius 3 is 2.94 bits per heavy atom. The van der Waals surface area contributed by atoms with E-state index < -0.39 is 0 Å². The highest BCUT2D eigenvalue weighted by atomic mass is 32.2. The molecular weight excluding hydrogens is 440 g/mol. The van der Waals surface area contributed by atoms with Crippen molar-refractivity contribution in [2.75, 3.05) is 43.5 Å². The van der Waals surface area contributed by atoms with Crippen LogP contribution < -0.4 is 10.6 Å². The number of carbonyl (C=O) groups excluding carboxylic acids is 1. The Kier molecular flexibility index (Phi) is 5.72. The molecule has 0 bridgehead atoms. The maximum Gasteiger partial charge on any atom is 0.239 e. The zero-order valence-electron chi connectivity index (χ0n) is 19.1. The maximum atomic E-state index is 13.7. The minimum atomic E-state index is -0.195. The highest BCUT2D eigenvalue weighted by Crippen LogP contribution is 2.38. The third kappa shape index (κ3) is 3.90. The van der Waals surface area contributed by atoms with Crippen LogP contribution in [-0.4, -0.2) is 87.5 Å². The van der Waals surface area contributed by atoms with Gasteiger partial charge >= 0.3 is 0 Å². The first-order chi connectivity index (χ1) is 16.1. The summed E-state index contributed by atoms with van der Waals surface area (Å²) in [4.78, 5) is 22.9. The fraction of sp³-hybridized carbons (Fsp3) is 0.696. The molecule has 4 aliphatic rings. The van der Waals surface area contributed by atoms with E-state index in [4.69, 9.17) is 25.3 Å². The van der Waals surface area contributed by atoms with Crippen molar-refractivity contribution in [3.05, 3.63) is 23.5 Å². The van der Waals surface area contributed by atoms with E-state index in [-0.39, 0.29) is 35.4 Å². The quantitative estimate of drug-likeness (QED) is 0.718. The Balaban J connectivity index is 1.27. The van der Waals surface area contributed by atoms with Gasteiger partial charge in [0.25, 0.3) is 0 Å². The van der Waals surface area contributed by atoms with Gasteiger partial charge in [-0.1, -0.05) is 0 Å². The van der Waals surface area contributed by atoms with Crippen molar-refractivity contribution >= 4 is 29.1 Å². The van der Waals surface area contributed by atoms with Gasteiger partial charge in [-0.15, -0.1) is 11.8 Å². The largest absolute Gasteiger partial charge is 0.372 e. The smallest absolute Gasteiger partial charge is 0.239 e. The number of fused-ring (bicyclic) bond motifs is 2. The fourth-order valence-electron chi connectivity index (χ4n) is 5.66. The highest BCUT2D eigenvalue weighted by Gasteiger charge is 2.47. The molecule has 178 valence electrons. The first kappa shape index (κ1) is 21.6. The van der Waals surface area contributed by atoms with E-state index >= 15 is 0 Å². The molecule has 0 saturated carbocycles. The molecule has 0 aromatic carbocycles. The van der Waals surface area contributed by atoms with Gasteiger partial charge in [-0.25, -0.2) is 9.50 Å². The number of piperidine rings is 1. The number of aromatic nitrogens is 3. The molecule has 2 aromatic heterocycles. The first-order valence-electron chi connectivity index (χ1n) is 12.1. The molecule has 0 spiro atoms. The molecule has 9 nitrogen and oxygen atoms in total. The van der Waals surface area contributed by atoms with Crippen LogP contribution in [0.4, 0.5) is 5.82 Å². The normalized spacial score (nSPS) is 32.5. The van der Waals surface area contributed by atoms with Gasteiger partial charge in [0.1, 0.15) is 17.2 Å². The summed E-state index contributed by atoms with van der Waals surface area (Å²) in [5.74, 6) is 1.97. The van der Waals surface area contributed by atoms with E-state index in [0.29, 0.717) is 13.2 Å². The lowest BCUT2D eigenvalue weighted by Crippen LogP contribution is -2.49. The second kappa shape index (κ2) is 8.72. The number of anilines is 1. The second-order valence-corrected chi connectivity index (χ2v) is 10.8. The standard InChI is InChI=1S/C23H32N6O3S/c1-14-11-29-19(25-22(14)27-7-5-15(24)12-27)10-16(26-29)17-4-2-3-6-28(17)23(30)21-20-18(13-33-21)31-8-9-32-20/h10-11,15,17-18,20-21H,2-9,12-13,24H2,1H3/t15-,17-,18?,20?,21?/m0/s1. The first-order valence-corrected chi connectivity index (χ1v) is 13.2. The lowest BCUT2D eigenvalue weighted by molar-refractivity contribution is -0.150. The molecule has 4 saturated heterocycles. The number of aryl methyl sites for hydroxylation is 1. The van der Waals surface area contributed by atoms with Gasteiger partial charge in [0.15, 0.2) is 5.65 Å². The van der Waals surface area contributed by atoms with E-state index in [2.05, 4.69) is 17.9 Å². The van der Waals surface area contributed by atoms with Gasteiger partial charge in [-0.3, -0.25) is 4.79 Å². The number of nitrogens with zero attached hydrogens (tertiary/aromatic N) is 5. The number of hydrogen-bond acceptors (Lipinski definition) is 8. The molecule has 6 heterocycles. The molecular formula is C23H32N6O3S. The summed E-state index contributed by atoms with van der Waals surface area (Å²) in [6.45, 7) is 5.79. The molecule has 2 aromatic rings. The summed E-state index contributed by atoms with van der Waals surface area (Å²) in [6.07, 6.45) is 5.96. The molecule has 3 unspecified atom stereocenters. The van der Waals surface area contributed by atoms with Crippen LogP contribution in [0.3, 0.4) is 0 Å². The van der Waals surface area contributed by atoms with Crippen molar-refractivity contribution in [2.24, 2.45) is 5.73 Å². The predicted octanol–water partition coefficient (Wildman–Crippen LogP) is 1.53. The molecule has 2 N–H and O–H groups in total. The van der Waals surface area contributed by atoms with Crippen molar-refractivity contribution < 1.29 is 14.3 Å². The van der Waals surface area contributed by atoms with Gasteiger partial charge < -0.3 is 25.0 Å². The Labute approximate surface area is 198 Å². The average molecular weight is 473 g/mol. The van der Waals surface area contributed by atoms with E-state index in [9.17, 15) is 4.79 Å². The highest BCUT2D eigenvalue weighted by molar-refractivity contribution is 8.01. The van der Waals surface area contributed by atoms with E-state index in [0.717, 1.165) is 73.8 Å². The van der Waals surface area contributed by atoms with Crippen LogP contribution in [0.15, 0.2) is 12.3 Å². The van der Waals surface area contributed by atoms with E-state index in [1.165, 1.54) is 0 Å². The lowest BCUT2D eigenvalue weighted by atomic mass is 9.98. The molecule has 4 fully saturated rings. The van der Waals surface area contributed by atoms with Crippen molar-refractivity contribution in [3.63, 3.8) is 0 Å². The molecule has 5 atom stereocenters. The number of nitrogens with two attached hydrogens (primary N) is 1. The van der Waals surface area contributed by atoms with Crippen molar-refractivity contribution in [3.8, 4) is 0 Å². The topological polar surface area (TPSA) is 98.2 Å². The summed E-state index contributed by atoms with van der Waals surface area (Å²) in [7, 11) is 0. The van der Waals surface area contributed by atoms with Crippen LogP contribution in [0, 0.1) is 6.92 Å². The number of ether oxygens (including phenoxy) is 2. The van der Waals surface area contributed by atoms with Crippen molar-refractivity contribution in [1.29, 1.82) is 0 Å². The van der Waals surface area contributed by atoms with Crippen LogP contribution in [0.25, 0.3) is 5.65 Å². The minimum absolute atomic E-state index is 0.0268. The Bertz CT molecular complexity index is 1050. The van der Waals surface area contributed by atoms with Gasteiger partial charge in [0, 0.05) is 49.3 Å². The van der Waals surface area contributed by atoms with Gasteiger partial charge in [-0.05, 0) is 32.6 Å². The Hall–Kier alpha value is -1.88. The molecule has 4 aliphatic heterocycles. The Morgan fingerprint density at radius 1 is 1.21 bits per heavy atom. The molecule has 0 radical (unpaired) electrons. The number of amides is 1. The number of carbonyl (C=O) groups is 1. The van der Waals surface area contributed by atoms with E-state index in [1.54, 1.807) is 11.8 Å². The van der Waals surface area contributed by atoms with Gasteiger partial charge in [0.05, 0.1) is 31.1 Å². The summed E-state index contributed by atoms with van der Waals surface area (Å²) < 4.78 is 13.7. The van der Waals surface area contributed by atoms with Crippen LogP contribution in [-0.2, 0) is 14.3 Å². The minimum Gasteiger partial charge on any atom is -0.372 e.